The van der Waals surface area contributed by atoms with Crippen molar-refractivity contribution in [1.82, 2.24) is 15.2 Å². The lowest BCUT2D eigenvalue weighted by molar-refractivity contribution is -0.132. The van der Waals surface area contributed by atoms with Crippen LogP contribution in [0.2, 0.25) is 0 Å². The molecule has 2 aromatic rings. The summed E-state index contributed by atoms with van der Waals surface area (Å²) in [5.41, 5.74) is 6.65. The van der Waals surface area contributed by atoms with E-state index in [1.165, 1.54) is 4.31 Å². The van der Waals surface area contributed by atoms with Gasteiger partial charge in [0.05, 0.1) is 4.90 Å². The average molecular weight is 446 g/mol. The van der Waals surface area contributed by atoms with E-state index in [0.717, 1.165) is 17.5 Å². The van der Waals surface area contributed by atoms with E-state index in [4.69, 9.17) is 4.74 Å². The first-order valence-corrected chi connectivity index (χ1v) is 11.6. The van der Waals surface area contributed by atoms with Gasteiger partial charge in [-0.3, -0.25) is 20.4 Å². The number of sulfonamides is 1. The van der Waals surface area contributed by atoms with E-state index in [1.807, 2.05) is 26.0 Å². The Hall–Kier alpha value is -2.91. The van der Waals surface area contributed by atoms with E-state index in [2.05, 4.69) is 10.9 Å². The molecule has 2 aromatic carbocycles. The van der Waals surface area contributed by atoms with Gasteiger partial charge in [0, 0.05) is 6.54 Å². The lowest BCUT2D eigenvalue weighted by Gasteiger charge is -2.33. The SMILES string of the molecule is Cc1ccc(OCC(=O)NNC(=O)[C@@H]2CCCCN2S(=O)(=O)c2ccc(C)cc2)cc1. The summed E-state index contributed by atoms with van der Waals surface area (Å²) in [5, 5.41) is 0. The van der Waals surface area contributed by atoms with Gasteiger partial charge in [0.15, 0.2) is 6.61 Å². The van der Waals surface area contributed by atoms with E-state index in [0.29, 0.717) is 18.6 Å². The number of amides is 2. The van der Waals surface area contributed by atoms with Crippen molar-refractivity contribution >= 4 is 21.8 Å². The van der Waals surface area contributed by atoms with Crippen molar-refractivity contribution in [3.63, 3.8) is 0 Å². The van der Waals surface area contributed by atoms with Crippen molar-refractivity contribution < 1.29 is 22.7 Å². The van der Waals surface area contributed by atoms with Crippen molar-refractivity contribution in [2.45, 2.75) is 44.0 Å². The molecule has 0 unspecified atom stereocenters. The van der Waals surface area contributed by atoms with Crippen molar-refractivity contribution in [2.75, 3.05) is 13.2 Å². The number of piperidine rings is 1. The number of ether oxygens (including phenoxy) is 1. The Labute approximate surface area is 182 Å². The zero-order valence-electron chi connectivity index (χ0n) is 17.6. The van der Waals surface area contributed by atoms with Crippen LogP contribution < -0.4 is 15.6 Å². The number of aryl methyl sites for hydroxylation is 2. The number of nitrogens with zero attached hydrogens (tertiary/aromatic N) is 1. The molecule has 8 nitrogen and oxygen atoms in total. The van der Waals surface area contributed by atoms with Crippen molar-refractivity contribution in [2.24, 2.45) is 0 Å². The maximum Gasteiger partial charge on any atom is 0.276 e. The Morgan fingerprint density at radius 2 is 1.58 bits per heavy atom. The highest BCUT2D eigenvalue weighted by Crippen LogP contribution is 2.25. The van der Waals surface area contributed by atoms with E-state index in [1.54, 1.807) is 36.4 Å². The topological polar surface area (TPSA) is 105 Å². The standard InChI is InChI=1S/C22H27N3O5S/c1-16-6-10-18(11-7-16)30-15-21(26)23-24-22(27)20-5-3-4-14-25(20)31(28,29)19-12-8-17(2)9-13-19/h6-13,20H,3-5,14-15H2,1-2H3,(H,23,26)(H,24,27)/t20-/m0/s1. The molecule has 1 atom stereocenters. The molecule has 0 saturated carbocycles. The second-order valence-electron chi connectivity index (χ2n) is 7.58. The quantitative estimate of drug-likeness (QED) is 0.663. The van der Waals surface area contributed by atoms with E-state index in [9.17, 15) is 18.0 Å². The number of nitrogens with one attached hydrogen (secondary N) is 2. The molecule has 1 saturated heterocycles. The molecule has 3 rings (SSSR count). The minimum absolute atomic E-state index is 0.147. The molecule has 0 aromatic heterocycles. The van der Waals surface area contributed by atoms with Gasteiger partial charge in [0.25, 0.3) is 11.8 Å². The van der Waals surface area contributed by atoms with Crippen molar-refractivity contribution in [3.05, 3.63) is 59.7 Å². The number of carbonyl (C=O) groups is 2. The van der Waals surface area contributed by atoms with Crippen LogP contribution in [0.3, 0.4) is 0 Å². The van der Waals surface area contributed by atoms with Crippen LogP contribution in [-0.4, -0.2) is 43.7 Å². The number of benzene rings is 2. The maximum atomic E-state index is 13.1. The van der Waals surface area contributed by atoms with Gasteiger partial charge >= 0.3 is 0 Å². The zero-order chi connectivity index (χ0) is 22.4. The first kappa shape index (κ1) is 22.8. The molecule has 0 spiro atoms. The molecule has 1 heterocycles. The molecule has 1 aliphatic rings. The maximum absolute atomic E-state index is 13.1. The number of rotatable bonds is 6. The summed E-state index contributed by atoms with van der Waals surface area (Å²) in [7, 11) is -3.83. The van der Waals surface area contributed by atoms with Gasteiger partial charge in [-0.25, -0.2) is 8.42 Å². The Balaban J connectivity index is 1.59. The molecule has 1 aliphatic heterocycles. The minimum Gasteiger partial charge on any atom is -0.484 e. The summed E-state index contributed by atoms with van der Waals surface area (Å²) in [6, 6.07) is 12.9. The highest BCUT2D eigenvalue weighted by Gasteiger charge is 2.37. The molecule has 0 aliphatic carbocycles. The number of hydrogen-bond acceptors (Lipinski definition) is 5. The fraction of sp³-hybridized carbons (Fsp3) is 0.364. The first-order chi connectivity index (χ1) is 14.8. The molecule has 2 N–H and O–H groups in total. The van der Waals surface area contributed by atoms with Crippen LogP contribution in [0.5, 0.6) is 5.75 Å². The van der Waals surface area contributed by atoms with Gasteiger partial charge in [-0.2, -0.15) is 4.31 Å². The molecular weight excluding hydrogens is 418 g/mol. The molecule has 0 bridgehead atoms. The van der Waals surface area contributed by atoms with Crippen LogP contribution in [0.4, 0.5) is 0 Å². The molecule has 166 valence electrons. The number of carbonyl (C=O) groups excluding carboxylic acids is 2. The summed E-state index contributed by atoms with van der Waals surface area (Å²) in [4.78, 5) is 24.9. The molecule has 2 amide bonds. The fourth-order valence-electron chi connectivity index (χ4n) is 3.33. The minimum atomic E-state index is -3.83. The molecule has 1 fully saturated rings. The Morgan fingerprint density at radius 1 is 0.968 bits per heavy atom. The largest absolute Gasteiger partial charge is 0.484 e. The van der Waals surface area contributed by atoms with Gasteiger partial charge in [-0.05, 0) is 51.0 Å². The van der Waals surface area contributed by atoms with Crippen molar-refractivity contribution in [1.29, 1.82) is 0 Å². The van der Waals surface area contributed by atoms with Gasteiger partial charge in [0.2, 0.25) is 10.0 Å². The third-order valence-electron chi connectivity index (χ3n) is 5.10. The van der Waals surface area contributed by atoms with Gasteiger partial charge < -0.3 is 4.74 Å². The predicted molar refractivity (Wildman–Crippen MR) is 116 cm³/mol. The third kappa shape index (κ3) is 5.83. The highest BCUT2D eigenvalue weighted by molar-refractivity contribution is 7.89. The van der Waals surface area contributed by atoms with Crippen LogP contribution in [0.1, 0.15) is 30.4 Å². The fourth-order valence-corrected chi connectivity index (χ4v) is 4.99. The second-order valence-corrected chi connectivity index (χ2v) is 9.47. The van der Waals surface area contributed by atoms with Crippen LogP contribution in [0, 0.1) is 13.8 Å². The van der Waals surface area contributed by atoms with E-state index < -0.39 is 27.9 Å². The Morgan fingerprint density at radius 3 is 2.23 bits per heavy atom. The summed E-state index contributed by atoms with van der Waals surface area (Å²) in [6.07, 6.45) is 1.78. The molecule has 31 heavy (non-hydrogen) atoms. The normalized spacial score (nSPS) is 17.0. The van der Waals surface area contributed by atoms with Crippen molar-refractivity contribution in [3.8, 4) is 5.75 Å². The predicted octanol–water partition coefficient (Wildman–Crippen LogP) is 2.07. The zero-order valence-corrected chi connectivity index (χ0v) is 18.4. The molecule has 0 radical (unpaired) electrons. The monoisotopic (exact) mass is 445 g/mol. The summed E-state index contributed by atoms with van der Waals surface area (Å²) < 4.78 is 32.7. The van der Waals surface area contributed by atoms with Crippen LogP contribution in [0.25, 0.3) is 0 Å². The van der Waals surface area contributed by atoms with Gasteiger partial charge in [0.1, 0.15) is 11.8 Å². The van der Waals surface area contributed by atoms with Crippen LogP contribution >= 0.6 is 0 Å². The summed E-state index contributed by atoms with van der Waals surface area (Å²) >= 11 is 0. The molecule has 9 heteroatoms. The Kier molecular flexibility index (Phi) is 7.29. The summed E-state index contributed by atoms with van der Waals surface area (Å²) in [6.45, 7) is 3.79. The third-order valence-corrected chi connectivity index (χ3v) is 7.02. The van der Waals surface area contributed by atoms with E-state index >= 15 is 0 Å². The average Bonchev–Trinajstić information content (AvgIpc) is 2.77. The van der Waals surface area contributed by atoms with Crippen LogP contribution in [-0.2, 0) is 19.6 Å². The lowest BCUT2D eigenvalue weighted by Crippen LogP contribution is -2.55. The molecular formula is C22H27N3O5S. The number of hydrogen-bond donors (Lipinski definition) is 2. The second kappa shape index (κ2) is 9.93. The van der Waals surface area contributed by atoms with Crippen LogP contribution in [0.15, 0.2) is 53.4 Å². The lowest BCUT2D eigenvalue weighted by atomic mass is 10.0. The number of hydrazine groups is 1. The smallest absolute Gasteiger partial charge is 0.276 e. The van der Waals surface area contributed by atoms with E-state index in [-0.39, 0.29) is 18.0 Å². The van der Waals surface area contributed by atoms with Gasteiger partial charge in [-0.1, -0.05) is 41.8 Å². The highest BCUT2D eigenvalue weighted by atomic mass is 32.2. The Bertz CT molecular complexity index is 1020. The first-order valence-electron chi connectivity index (χ1n) is 10.1. The summed E-state index contributed by atoms with van der Waals surface area (Å²) in [5.74, 6) is -0.577. The van der Waals surface area contributed by atoms with Gasteiger partial charge in [-0.15, -0.1) is 0 Å².